The van der Waals surface area contributed by atoms with E-state index >= 15 is 0 Å². The first-order chi connectivity index (χ1) is 14.6. The average Bonchev–Trinajstić information content (AvgIpc) is 2.71. The molecule has 0 radical (unpaired) electrons. The number of hydrogen-bond donors (Lipinski definition) is 1. The summed E-state index contributed by atoms with van der Waals surface area (Å²) in [4.78, 5) is 12.8. The lowest BCUT2D eigenvalue weighted by Crippen LogP contribution is -2.45. The summed E-state index contributed by atoms with van der Waals surface area (Å²) >= 11 is 5.96. The van der Waals surface area contributed by atoms with Crippen LogP contribution in [0.1, 0.15) is 12.5 Å². The number of amides is 1. The third-order valence-electron chi connectivity index (χ3n) is 4.60. The number of hydrogen-bond acceptors (Lipinski definition) is 4. The standard InChI is InChI=1S/C23H23ClN2O4S/c1-16-15-18(24)9-14-22(16)25-23(27)17(2)26(31(3,28)29)19-10-12-21(13-11-19)30-20-7-5-4-6-8-20/h4-15,17H,1-3H3,(H,25,27)/t17-/m0/s1. The minimum Gasteiger partial charge on any atom is -0.457 e. The number of rotatable bonds is 7. The highest BCUT2D eigenvalue weighted by Gasteiger charge is 2.29. The third-order valence-corrected chi connectivity index (χ3v) is 6.08. The van der Waals surface area contributed by atoms with Gasteiger partial charge in [-0.05, 0) is 74.0 Å². The van der Waals surface area contributed by atoms with Crippen molar-refractivity contribution < 1.29 is 17.9 Å². The van der Waals surface area contributed by atoms with Crippen LogP contribution >= 0.6 is 11.6 Å². The number of halogens is 1. The molecule has 1 amide bonds. The second-order valence-corrected chi connectivity index (χ2v) is 9.39. The maximum absolute atomic E-state index is 12.8. The quantitative estimate of drug-likeness (QED) is 0.525. The van der Waals surface area contributed by atoms with Crippen molar-refractivity contribution in [3.05, 3.63) is 83.4 Å². The molecule has 6 nitrogen and oxygen atoms in total. The molecule has 8 heteroatoms. The van der Waals surface area contributed by atoms with E-state index in [0.29, 0.717) is 27.9 Å². The lowest BCUT2D eigenvalue weighted by atomic mass is 10.2. The topological polar surface area (TPSA) is 75.7 Å². The van der Waals surface area contributed by atoms with Crippen LogP contribution < -0.4 is 14.4 Å². The molecule has 0 aliphatic carbocycles. The molecule has 0 spiro atoms. The molecule has 0 aliphatic rings. The van der Waals surface area contributed by atoms with Gasteiger partial charge < -0.3 is 10.1 Å². The van der Waals surface area contributed by atoms with Gasteiger partial charge in [-0.3, -0.25) is 9.10 Å². The Labute approximate surface area is 187 Å². The molecular formula is C23H23ClN2O4S. The molecule has 0 aromatic heterocycles. The number of nitrogens with one attached hydrogen (secondary N) is 1. The largest absolute Gasteiger partial charge is 0.457 e. The minimum absolute atomic E-state index is 0.360. The molecule has 31 heavy (non-hydrogen) atoms. The maximum atomic E-state index is 12.8. The molecule has 3 rings (SSSR count). The number of sulfonamides is 1. The van der Waals surface area contributed by atoms with Gasteiger partial charge in [-0.25, -0.2) is 8.42 Å². The van der Waals surface area contributed by atoms with Crippen LogP contribution in [-0.4, -0.2) is 26.6 Å². The van der Waals surface area contributed by atoms with Crippen LogP contribution in [0.25, 0.3) is 0 Å². The van der Waals surface area contributed by atoms with Crippen LogP contribution in [0.15, 0.2) is 72.8 Å². The van der Waals surface area contributed by atoms with Crippen LogP contribution in [0.5, 0.6) is 11.5 Å². The summed E-state index contributed by atoms with van der Waals surface area (Å²) in [5.74, 6) is 0.763. The van der Waals surface area contributed by atoms with Crippen molar-refractivity contribution in [1.29, 1.82) is 0 Å². The number of anilines is 2. The average molecular weight is 459 g/mol. The van der Waals surface area contributed by atoms with E-state index in [1.54, 1.807) is 42.5 Å². The number of ether oxygens (including phenoxy) is 1. The zero-order valence-electron chi connectivity index (χ0n) is 17.4. The van der Waals surface area contributed by atoms with Gasteiger partial charge in [0.15, 0.2) is 0 Å². The van der Waals surface area contributed by atoms with Crippen LogP contribution in [0.4, 0.5) is 11.4 Å². The molecular weight excluding hydrogens is 436 g/mol. The van der Waals surface area contributed by atoms with Gasteiger partial charge in [0.05, 0.1) is 11.9 Å². The van der Waals surface area contributed by atoms with Gasteiger partial charge in [0.1, 0.15) is 17.5 Å². The van der Waals surface area contributed by atoms with Crippen molar-refractivity contribution in [2.75, 3.05) is 15.9 Å². The number of benzene rings is 3. The molecule has 0 aliphatic heterocycles. The van der Waals surface area contributed by atoms with E-state index in [1.807, 2.05) is 37.3 Å². The van der Waals surface area contributed by atoms with Gasteiger partial charge in [0, 0.05) is 10.7 Å². The van der Waals surface area contributed by atoms with Crippen molar-refractivity contribution in [2.24, 2.45) is 0 Å². The lowest BCUT2D eigenvalue weighted by molar-refractivity contribution is -0.116. The molecule has 0 saturated heterocycles. The van der Waals surface area contributed by atoms with Crippen LogP contribution in [0, 0.1) is 6.92 Å². The van der Waals surface area contributed by atoms with Crippen LogP contribution in [0.2, 0.25) is 5.02 Å². The van der Waals surface area contributed by atoms with Crippen molar-refractivity contribution in [3.63, 3.8) is 0 Å². The molecule has 3 aromatic carbocycles. The van der Waals surface area contributed by atoms with E-state index in [1.165, 1.54) is 6.92 Å². The fourth-order valence-corrected chi connectivity index (χ4v) is 4.50. The molecule has 3 aromatic rings. The van der Waals surface area contributed by atoms with Crippen molar-refractivity contribution >= 4 is 38.9 Å². The van der Waals surface area contributed by atoms with Crippen molar-refractivity contribution in [3.8, 4) is 11.5 Å². The minimum atomic E-state index is -3.73. The summed E-state index contributed by atoms with van der Waals surface area (Å²) in [5.41, 5.74) is 1.71. The Morgan fingerprint density at radius 3 is 2.19 bits per heavy atom. The highest BCUT2D eigenvalue weighted by atomic mass is 35.5. The molecule has 162 valence electrons. The normalized spacial score (nSPS) is 12.1. The fourth-order valence-electron chi connectivity index (χ4n) is 3.10. The Bertz CT molecular complexity index is 1170. The Hall–Kier alpha value is -3.03. The second-order valence-electron chi connectivity index (χ2n) is 7.09. The number of carbonyl (C=O) groups is 1. The van der Waals surface area contributed by atoms with Crippen LogP contribution in [-0.2, 0) is 14.8 Å². The summed E-state index contributed by atoms with van der Waals surface area (Å²) in [6.45, 7) is 3.35. The maximum Gasteiger partial charge on any atom is 0.248 e. The van der Waals surface area contributed by atoms with E-state index in [4.69, 9.17) is 16.3 Å². The Kier molecular flexibility index (Phi) is 6.87. The monoisotopic (exact) mass is 458 g/mol. The van der Waals surface area contributed by atoms with E-state index < -0.39 is 22.0 Å². The van der Waals surface area contributed by atoms with E-state index in [2.05, 4.69) is 5.32 Å². The predicted molar refractivity (Wildman–Crippen MR) is 125 cm³/mol. The molecule has 1 N–H and O–H groups in total. The summed E-state index contributed by atoms with van der Waals surface area (Å²) in [6.07, 6.45) is 1.07. The molecule has 0 unspecified atom stereocenters. The molecule has 0 bridgehead atoms. The third kappa shape index (κ3) is 5.77. The summed E-state index contributed by atoms with van der Waals surface area (Å²) in [6, 6.07) is 19.9. The lowest BCUT2D eigenvalue weighted by Gasteiger charge is -2.28. The second kappa shape index (κ2) is 9.41. The van der Waals surface area contributed by atoms with Crippen molar-refractivity contribution in [1.82, 2.24) is 0 Å². The Balaban J connectivity index is 1.81. The van der Waals surface area contributed by atoms with Crippen LogP contribution in [0.3, 0.4) is 0 Å². The molecule has 0 heterocycles. The van der Waals surface area contributed by atoms with Gasteiger partial charge in [-0.1, -0.05) is 29.8 Å². The van der Waals surface area contributed by atoms with Crippen molar-refractivity contribution in [2.45, 2.75) is 19.9 Å². The Morgan fingerprint density at radius 1 is 1.00 bits per heavy atom. The SMILES string of the molecule is Cc1cc(Cl)ccc1NC(=O)[C@H](C)N(c1ccc(Oc2ccccc2)cc1)S(C)(=O)=O. The molecule has 1 atom stereocenters. The van der Waals surface area contributed by atoms with Gasteiger partial charge in [-0.2, -0.15) is 0 Å². The number of aryl methyl sites for hydroxylation is 1. The highest BCUT2D eigenvalue weighted by Crippen LogP contribution is 2.27. The van der Waals surface area contributed by atoms with Gasteiger partial charge >= 0.3 is 0 Å². The highest BCUT2D eigenvalue weighted by molar-refractivity contribution is 7.92. The number of carbonyl (C=O) groups excluding carboxylic acids is 1. The predicted octanol–water partition coefficient (Wildman–Crippen LogP) is 5.23. The summed E-state index contributed by atoms with van der Waals surface area (Å²) in [7, 11) is -3.73. The number of para-hydroxylation sites is 1. The zero-order chi connectivity index (χ0) is 22.6. The smallest absolute Gasteiger partial charge is 0.248 e. The Morgan fingerprint density at radius 2 is 1.61 bits per heavy atom. The van der Waals surface area contributed by atoms with Gasteiger partial charge in [0.2, 0.25) is 15.9 Å². The first-order valence-corrected chi connectivity index (χ1v) is 11.8. The summed E-state index contributed by atoms with van der Waals surface area (Å²) in [5, 5.41) is 3.33. The zero-order valence-corrected chi connectivity index (χ0v) is 18.9. The first-order valence-electron chi connectivity index (χ1n) is 9.54. The van der Waals surface area contributed by atoms with Gasteiger partial charge in [-0.15, -0.1) is 0 Å². The van der Waals surface area contributed by atoms with Gasteiger partial charge in [0.25, 0.3) is 0 Å². The fraction of sp³-hybridized carbons (Fsp3) is 0.174. The molecule has 0 saturated carbocycles. The van der Waals surface area contributed by atoms with E-state index in [0.717, 1.165) is 16.1 Å². The first kappa shape index (κ1) is 22.7. The summed E-state index contributed by atoms with van der Waals surface area (Å²) < 4.78 is 31.9. The number of nitrogens with zero attached hydrogens (tertiary/aromatic N) is 1. The molecule has 0 fully saturated rings. The van der Waals surface area contributed by atoms with E-state index in [-0.39, 0.29) is 0 Å². The van der Waals surface area contributed by atoms with E-state index in [9.17, 15) is 13.2 Å².